The Kier molecular flexibility index (Phi) is 2.30. The van der Waals surface area contributed by atoms with E-state index in [0.29, 0.717) is 5.69 Å². The minimum Gasteiger partial charge on any atom is -0.334 e. The van der Waals surface area contributed by atoms with Crippen molar-refractivity contribution in [3.05, 3.63) is 43.1 Å². The van der Waals surface area contributed by atoms with Gasteiger partial charge in [0.2, 0.25) is 0 Å². The van der Waals surface area contributed by atoms with Crippen molar-refractivity contribution in [3.8, 4) is 0 Å². The van der Waals surface area contributed by atoms with Crippen molar-refractivity contribution >= 4 is 21.2 Å². The molecule has 0 saturated carbocycles. The summed E-state index contributed by atoms with van der Waals surface area (Å²) >= 11 is 0. The molecule has 0 aromatic carbocycles. The molecule has 0 aliphatic rings. The van der Waals surface area contributed by atoms with E-state index in [-0.39, 0.29) is 5.03 Å². The lowest BCUT2D eigenvalue weighted by Crippen LogP contribution is -2.13. The van der Waals surface area contributed by atoms with Crippen LogP contribution in [0.3, 0.4) is 0 Å². The zero-order valence-electron chi connectivity index (χ0n) is 9.11. The molecule has 0 aliphatic carbocycles. The second kappa shape index (κ2) is 3.84. The number of hydrogen-bond donors (Lipinski definition) is 2. The highest BCUT2D eigenvalue weighted by Gasteiger charge is 2.15. The van der Waals surface area contributed by atoms with Gasteiger partial charge in [-0.15, -0.1) is 0 Å². The number of hydrogen-bond acceptors (Lipinski definition) is 4. The summed E-state index contributed by atoms with van der Waals surface area (Å²) in [5.41, 5.74) is 1.28. The van der Waals surface area contributed by atoms with Crippen LogP contribution in [0.4, 0.5) is 5.69 Å². The normalized spacial score (nSPS) is 11.8. The Morgan fingerprint density at radius 1 is 1.33 bits per heavy atom. The minimum atomic E-state index is -3.62. The fourth-order valence-electron chi connectivity index (χ4n) is 1.59. The Bertz CT molecular complexity index is 776. The number of H-pyrrole nitrogens is 1. The number of aromatic amines is 1. The predicted octanol–water partition coefficient (Wildman–Crippen LogP) is 0.858. The van der Waals surface area contributed by atoms with Crippen LogP contribution in [-0.4, -0.2) is 28.0 Å². The fraction of sp³-hybridized carbons (Fsp3) is 0. The number of nitrogens with zero attached hydrogens (tertiary/aromatic N) is 3. The Labute approximate surface area is 103 Å². The van der Waals surface area contributed by atoms with Gasteiger partial charge in [-0.2, -0.15) is 13.5 Å². The Hall–Kier alpha value is -2.35. The van der Waals surface area contributed by atoms with Crippen LogP contribution in [0.15, 0.2) is 48.1 Å². The van der Waals surface area contributed by atoms with Crippen LogP contribution in [0.1, 0.15) is 0 Å². The van der Waals surface area contributed by atoms with E-state index in [2.05, 4.69) is 19.8 Å². The molecule has 8 heteroatoms. The molecular formula is C10H9N5O2S. The maximum Gasteiger partial charge on any atom is 0.278 e. The third kappa shape index (κ3) is 1.82. The Balaban J connectivity index is 1.97. The summed E-state index contributed by atoms with van der Waals surface area (Å²) in [6, 6.07) is 5.11. The molecule has 0 fully saturated rings. The highest BCUT2D eigenvalue weighted by atomic mass is 32.2. The second-order valence-corrected chi connectivity index (χ2v) is 5.29. The van der Waals surface area contributed by atoms with Gasteiger partial charge >= 0.3 is 0 Å². The molecule has 3 heterocycles. The number of pyridine rings is 1. The highest BCUT2D eigenvalue weighted by molar-refractivity contribution is 7.92. The molecule has 0 spiro atoms. The zero-order chi connectivity index (χ0) is 12.6. The molecule has 0 radical (unpaired) electrons. The molecule has 0 saturated heterocycles. The molecule has 0 atom stereocenters. The molecule has 0 aliphatic heterocycles. The van der Waals surface area contributed by atoms with Crippen LogP contribution in [0, 0.1) is 0 Å². The van der Waals surface area contributed by atoms with Gasteiger partial charge in [0.1, 0.15) is 0 Å². The highest BCUT2D eigenvalue weighted by Crippen LogP contribution is 2.15. The fourth-order valence-corrected chi connectivity index (χ4v) is 2.54. The van der Waals surface area contributed by atoms with Crippen LogP contribution in [0.25, 0.3) is 5.52 Å². The molecule has 18 heavy (non-hydrogen) atoms. The van der Waals surface area contributed by atoms with E-state index in [1.165, 1.54) is 12.5 Å². The van der Waals surface area contributed by atoms with Crippen LogP contribution in [-0.2, 0) is 10.0 Å². The van der Waals surface area contributed by atoms with Gasteiger partial charge in [0, 0.05) is 12.4 Å². The number of nitrogens with one attached hydrogen (secondary N) is 2. The first-order valence-corrected chi connectivity index (χ1v) is 6.58. The summed E-state index contributed by atoms with van der Waals surface area (Å²) in [6.07, 6.45) is 5.89. The van der Waals surface area contributed by atoms with Crippen molar-refractivity contribution in [3.63, 3.8) is 0 Å². The lowest BCUT2D eigenvalue weighted by molar-refractivity contribution is 0.598. The average Bonchev–Trinajstić information content (AvgIpc) is 2.99. The largest absolute Gasteiger partial charge is 0.334 e. The topological polar surface area (TPSA) is 92.2 Å². The molecule has 92 valence electrons. The SMILES string of the molecule is O=S(=O)(Nc1ccn2nccc2c1)c1cnc[nH]1. The third-order valence-corrected chi connectivity index (χ3v) is 3.72. The number of imidazole rings is 1. The van der Waals surface area contributed by atoms with Gasteiger partial charge < -0.3 is 4.98 Å². The maximum absolute atomic E-state index is 11.9. The van der Waals surface area contributed by atoms with Gasteiger partial charge in [-0.3, -0.25) is 4.72 Å². The Morgan fingerprint density at radius 2 is 2.22 bits per heavy atom. The molecular weight excluding hydrogens is 254 g/mol. The number of sulfonamides is 1. The first kappa shape index (κ1) is 10.8. The number of rotatable bonds is 3. The maximum atomic E-state index is 11.9. The molecule has 0 unspecified atom stereocenters. The second-order valence-electron chi connectivity index (χ2n) is 3.64. The van der Waals surface area contributed by atoms with Crippen molar-refractivity contribution in [2.24, 2.45) is 0 Å². The van der Waals surface area contributed by atoms with E-state index in [4.69, 9.17) is 0 Å². The summed E-state index contributed by atoms with van der Waals surface area (Å²) in [6.45, 7) is 0. The van der Waals surface area contributed by atoms with Gasteiger partial charge in [0.05, 0.1) is 23.7 Å². The van der Waals surface area contributed by atoms with E-state index in [0.717, 1.165) is 5.52 Å². The molecule has 3 aromatic heterocycles. The first-order valence-electron chi connectivity index (χ1n) is 5.10. The molecule has 3 aromatic rings. The van der Waals surface area contributed by atoms with Crippen molar-refractivity contribution in [2.45, 2.75) is 5.03 Å². The Morgan fingerprint density at radius 3 is 3.00 bits per heavy atom. The quantitative estimate of drug-likeness (QED) is 0.733. The zero-order valence-corrected chi connectivity index (χ0v) is 9.92. The van der Waals surface area contributed by atoms with E-state index in [9.17, 15) is 8.42 Å². The first-order chi connectivity index (χ1) is 8.65. The van der Waals surface area contributed by atoms with Crippen LogP contribution >= 0.6 is 0 Å². The third-order valence-electron chi connectivity index (χ3n) is 2.41. The molecule has 3 rings (SSSR count). The van der Waals surface area contributed by atoms with Crippen LogP contribution in [0.2, 0.25) is 0 Å². The minimum absolute atomic E-state index is 0.0240. The van der Waals surface area contributed by atoms with Crippen LogP contribution in [0.5, 0.6) is 0 Å². The van der Waals surface area contributed by atoms with Gasteiger partial charge in [-0.05, 0) is 18.2 Å². The predicted molar refractivity (Wildman–Crippen MR) is 64.6 cm³/mol. The van der Waals surface area contributed by atoms with Crippen molar-refractivity contribution < 1.29 is 8.42 Å². The van der Waals surface area contributed by atoms with E-state index in [1.807, 2.05) is 0 Å². The van der Waals surface area contributed by atoms with E-state index in [1.54, 1.807) is 35.1 Å². The van der Waals surface area contributed by atoms with E-state index < -0.39 is 10.0 Å². The molecule has 2 N–H and O–H groups in total. The summed E-state index contributed by atoms with van der Waals surface area (Å²) in [7, 11) is -3.62. The molecule has 0 amide bonds. The summed E-state index contributed by atoms with van der Waals surface area (Å²) in [5.74, 6) is 0. The van der Waals surface area contributed by atoms with Gasteiger partial charge in [-0.1, -0.05) is 0 Å². The average molecular weight is 263 g/mol. The summed E-state index contributed by atoms with van der Waals surface area (Å²) < 4.78 is 28.0. The number of aromatic nitrogens is 4. The molecule has 0 bridgehead atoms. The standard InChI is InChI=1S/C10H9N5O2S/c16-18(17,10-6-11-7-12-10)14-8-2-4-15-9(5-8)1-3-13-15/h1-7,14H,(H,11,12). The number of anilines is 1. The lowest BCUT2D eigenvalue weighted by atomic mass is 10.4. The van der Waals surface area contributed by atoms with Gasteiger partial charge in [0.25, 0.3) is 10.0 Å². The van der Waals surface area contributed by atoms with Gasteiger partial charge in [-0.25, -0.2) is 9.50 Å². The van der Waals surface area contributed by atoms with E-state index >= 15 is 0 Å². The number of fused-ring (bicyclic) bond motifs is 1. The summed E-state index contributed by atoms with van der Waals surface area (Å²) in [5, 5.41) is 4.05. The molecule has 7 nitrogen and oxygen atoms in total. The smallest absolute Gasteiger partial charge is 0.278 e. The van der Waals surface area contributed by atoms with Crippen LogP contribution < -0.4 is 4.72 Å². The van der Waals surface area contributed by atoms with Gasteiger partial charge in [0.15, 0.2) is 5.03 Å². The lowest BCUT2D eigenvalue weighted by Gasteiger charge is -2.06. The summed E-state index contributed by atoms with van der Waals surface area (Å²) in [4.78, 5) is 6.23. The van der Waals surface area contributed by atoms with Crippen molar-refractivity contribution in [1.82, 2.24) is 19.6 Å². The van der Waals surface area contributed by atoms with Crippen molar-refractivity contribution in [1.29, 1.82) is 0 Å². The van der Waals surface area contributed by atoms with Crippen molar-refractivity contribution in [2.75, 3.05) is 4.72 Å². The monoisotopic (exact) mass is 263 g/mol.